The molecule has 10 heteroatoms. The van der Waals surface area contributed by atoms with Gasteiger partial charge in [0.1, 0.15) is 29.6 Å². The summed E-state index contributed by atoms with van der Waals surface area (Å²) < 4.78 is 34.9. The zero-order valence-corrected chi connectivity index (χ0v) is 22.0. The molecular formula is C28H26Cl2F2N2O4. The quantitative estimate of drug-likeness (QED) is 0.352. The number of hydrogen-bond acceptors (Lipinski definition) is 4. The van der Waals surface area contributed by atoms with Crippen LogP contribution in [0.15, 0.2) is 41.3 Å². The van der Waals surface area contributed by atoms with Gasteiger partial charge in [-0.15, -0.1) is 0 Å². The van der Waals surface area contributed by atoms with E-state index in [2.05, 4.69) is 5.32 Å². The minimum absolute atomic E-state index is 0.0134. The molecule has 1 aromatic heterocycles. The number of pyridine rings is 1. The molecule has 1 N–H and O–H groups in total. The summed E-state index contributed by atoms with van der Waals surface area (Å²) in [5, 5.41) is 3.01. The number of Topliss-reactive ketones (excluding diaryl/α,β-unsaturated/α-hetero) is 1. The minimum atomic E-state index is -0.699. The Morgan fingerprint density at radius 2 is 1.68 bits per heavy atom. The van der Waals surface area contributed by atoms with Crippen molar-refractivity contribution in [2.45, 2.75) is 57.0 Å². The van der Waals surface area contributed by atoms with E-state index in [9.17, 15) is 23.2 Å². The normalized spacial score (nSPS) is 19.4. The summed E-state index contributed by atoms with van der Waals surface area (Å²) in [6.07, 6.45) is 6.53. The Kier molecular flexibility index (Phi) is 7.73. The maximum Gasteiger partial charge on any atom is 0.256 e. The van der Waals surface area contributed by atoms with Crippen molar-refractivity contribution in [2.24, 2.45) is 5.92 Å². The van der Waals surface area contributed by atoms with Gasteiger partial charge in [-0.25, -0.2) is 8.78 Å². The van der Waals surface area contributed by atoms with Crippen LogP contribution in [0.3, 0.4) is 0 Å². The molecule has 3 aromatic rings. The number of nitrogens with one attached hydrogen (secondary N) is 1. The first kappa shape index (κ1) is 26.6. The highest BCUT2D eigenvalue weighted by Crippen LogP contribution is 2.37. The predicted octanol–water partition coefficient (Wildman–Crippen LogP) is 6.25. The Balaban J connectivity index is 1.17. The summed E-state index contributed by atoms with van der Waals surface area (Å²) in [5.74, 6) is -1.48. The number of halogens is 4. The number of benzene rings is 2. The molecule has 0 bridgehead atoms. The van der Waals surface area contributed by atoms with Crippen LogP contribution in [0.5, 0.6) is 5.75 Å². The number of nitrogens with zero attached hydrogens (tertiary/aromatic N) is 1. The molecule has 1 amide bonds. The Labute approximate surface area is 227 Å². The van der Waals surface area contributed by atoms with Gasteiger partial charge in [0, 0.05) is 36.2 Å². The molecule has 0 radical (unpaired) electrons. The fourth-order valence-electron chi connectivity index (χ4n) is 5.05. The Morgan fingerprint density at radius 3 is 2.37 bits per heavy atom. The molecule has 200 valence electrons. The van der Waals surface area contributed by atoms with Crippen LogP contribution in [0.1, 0.15) is 61.3 Å². The summed E-state index contributed by atoms with van der Waals surface area (Å²) in [6, 6.07) is 6.59. The molecule has 2 aromatic carbocycles. The number of rotatable bonds is 8. The highest BCUT2D eigenvalue weighted by Gasteiger charge is 2.29. The first-order valence-electron chi connectivity index (χ1n) is 12.6. The topological polar surface area (TPSA) is 77.4 Å². The summed E-state index contributed by atoms with van der Waals surface area (Å²) in [4.78, 5) is 38.6. The molecule has 2 aliphatic carbocycles. The van der Waals surface area contributed by atoms with E-state index < -0.39 is 23.0 Å². The lowest BCUT2D eigenvalue weighted by molar-refractivity contribution is -0.122. The van der Waals surface area contributed by atoms with Crippen LogP contribution in [0.4, 0.5) is 8.78 Å². The van der Waals surface area contributed by atoms with Gasteiger partial charge in [0.25, 0.3) is 5.91 Å². The van der Waals surface area contributed by atoms with Gasteiger partial charge in [-0.3, -0.25) is 14.4 Å². The first-order valence-corrected chi connectivity index (χ1v) is 13.4. The average Bonchev–Trinajstić information content (AvgIpc) is 3.73. The highest BCUT2D eigenvalue weighted by molar-refractivity contribution is 6.31. The molecule has 5 rings (SSSR count). The monoisotopic (exact) mass is 562 g/mol. The van der Waals surface area contributed by atoms with E-state index in [1.54, 1.807) is 6.20 Å². The van der Waals surface area contributed by atoms with E-state index in [-0.39, 0.29) is 57.1 Å². The van der Waals surface area contributed by atoms with Gasteiger partial charge < -0.3 is 14.6 Å². The Hall–Kier alpha value is -2.97. The maximum atomic E-state index is 14.1. The van der Waals surface area contributed by atoms with E-state index in [0.29, 0.717) is 24.8 Å². The third-order valence-electron chi connectivity index (χ3n) is 7.25. The van der Waals surface area contributed by atoms with Crippen LogP contribution in [-0.4, -0.2) is 28.9 Å². The molecule has 1 heterocycles. The van der Waals surface area contributed by atoms with E-state index in [1.165, 1.54) is 18.2 Å². The fraction of sp³-hybridized carbons (Fsp3) is 0.393. The van der Waals surface area contributed by atoms with E-state index >= 15 is 0 Å². The SMILES string of the molecule is O=C(COc1ccc(Cl)c(F)c1)CC1CCC(NC(=O)c2cn(C3CC3)c3cc(Cl)c(F)cc3c2=O)CC1. The smallest absolute Gasteiger partial charge is 0.256 e. The number of ketones is 1. The van der Waals surface area contributed by atoms with Crippen LogP contribution >= 0.6 is 23.2 Å². The number of carbonyl (C=O) groups excluding carboxylic acids is 2. The van der Waals surface area contributed by atoms with Crippen LogP contribution in [0.2, 0.25) is 10.0 Å². The lowest BCUT2D eigenvalue weighted by Gasteiger charge is -2.29. The van der Waals surface area contributed by atoms with Crippen molar-refractivity contribution in [3.63, 3.8) is 0 Å². The first-order chi connectivity index (χ1) is 18.2. The van der Waals surface area contributed by atoms with Crippen molar-refractivity contribution < 1.29 is 23.1 Å². The van der Waals surface area contributed by atoms with Crippen molar-refractivity contribution >= 4 is 45.8 Å². The molecule has 2 saturated carbocycles. The molecule has 0 spiro atoms. The van der Waals surface area contributed by atoms with Crippen molar-refractivity contribution in [1.82, 2.24) is 9.88 Å². The van der Waals surface area contributed by atoms with Crippen LogP contribution < -0.4 is 15.5 Å². The molecule has 38 heavy (non-hydrogen) atoms. The van der Waals surface area contributed by atoms with Crippen LogP contribution in [0, 0.1) is 17.6 Å². The molecule has 0 unspecified atom stereocenters. The number of amides is 1. The van der Waals surface area contributed by atoms with Gasteiger partial charge in [-0.05, 0) is 68.7 Å². The molecule has 0 saturated heterocycles. The number of carbonyl (C=O) groups is 2. The predicted molar refractivity (Wildman–Crippen MR) is 141 cm³/mol. The van der Waals surface area contributed by atoms with Gasteiger partial charge in [-0.2, -0.15) is 0 Å². The number of ether oxygens (including phenoxy) is 1. The second-order valence-corrected chi connectivity index (χ2v) is 10.9. The Bertz CT molecular complexity index is 1460. The van der Waals surface area contributed by atoms with Gasteiger partial charge >= 0.3 is 0 Å². The molecule has 2 aliphatic rings. The zero-order chi connectivity index (χ0) is 27.0. The summed E-state index contributed by atoms with van der Waals surface area (Å²) in [6.45, 7) is -0.154. The zero-order valence-electron chi connectivity index (χ0n) is 20.4. The van der Waals surface area contributed by atoms with Crippen molar-refractivity contribution in [2.75, 3.05) is 6.61 Å². The fourth-order valence-corrected chi connectivity index (χ4v) is 5.32. The van der Waals surface area contributed by atoms with E-state index in [1.807, 2.05) is 4.57 Å². The molecule has 0 aliphatic heterocycles. The number of hydrogen-bond donors (Lipinski definition) is 1. The van der Waals surface area contributed by atoms with E-state index in [0.717, 1.165) is 37.8 Å². The summed E-state index contributed by atoms with van der Waals surface area (Å²) >= 11 is 11.6. The molecular weight excluding hydrogens is 537 g/mol. The van der Waals surface area contributed by atoms with Crippen molar-refractivity contribution in [3.05, 3.63) is 74.0 Å². The second kappa shape index (κ2) is 11.0. The standard InChI is InChI=1S/C28H26Cl2F2N2O4/c29-22-8-7-19(10-24(22)31)38-14-18(35)9-15-1-3-16(4-2-15)33-28(37)21-13-34(17-5-6-17)26-12-23(30)25(32)11-20(26)27(21)36/h7-8,10-13,15-17H,1-6,9,14H2,(H,33,37). The minimum Gasteiger partial charge on any atom is -0.486 e. The lowest BCUT2D eigenvalue weighted by atomic mass is 9.83. The highest BCUT2D eigenvalue weighted by atomic mass is 35.5. The van der Waals surface area contributed by atoms with Crippen LogP contribution in [0.25, 0.3) is 10.9 Å². The Morgan fingerprint density at radius 1 is 0.974 bits per heavy atom. The van der Waals surface area contributed by atoms with Gasteiger partial charge in [-0.1, -0.05) is 23.2 Å². The lowest BCUT2D eigenvalue weighted by Crippen LogP contribution is -2.40. The van der Waals surface area contributed by atoms with Crippen LogP contribution in [-0.2, 0) is 4.79 Å². The van der Waals surface area contributed by atoms with Gasteiger partial charge in [0.15, 0.2) is 5.78 Å². The third-order valence-corrected chi connectivity index (χ3v) is 7.84. The maximum absolute atomic E-state index is 14.1. The molecule has 6 nitrogen and oxygen atoms in total. The molecule has 0 atom stereocenters. The van der Waals surface area contributed by atoms with E-state index in [4.69, 9.17) is 27.9 Å². The third kappa shape index (κ3) is 5.86. The van der Waals surface area contributed by atoms with Gasteiger partial charge in [0.2, 0.25) is 5.43 Å². The van der Waals surface area contributed by atoms with Gasteiger partial charge in [0.05, 0.1) is 15.6 Å². The summed E-state index contributed by atoms with van der Waals surface area (Å²) in [5.41, 5.74) is -0.0140. The largest absolute Gasteiger partial charge is 0.486 e. The van der Waals surface area contributed by atoms with Crippen molar-refractivity contribution in [3.8, 4) is 5.75 Å². The average molecular weight is 563 g/mol. The summed E-state index contributed by atoms with van der Waals surface area (Å²) in [7, 11) is 0. The van der Waals surface area contributed by atoms with Crippen molar-refractivity contribution in [1.29, 1.82) is 0 Å². The number of aromatic nitrogens is 1. The molecule has 2 fully saturated rings. The number of fused-ring (bicyclic) bond motifs is 1. The second-order valence-electron chi connectivity index (χ2n) is 10.1.